The van der Waals surface area contributed by atoms with Crippen molar-refractivity contribution in [2.75, 3.05) is 25.6 Å². The highest BCUT2D eigenvalue weighted by Crippen LogP contribution is 2.40. The summed E-state index contributed by atoms with van der Waals surface area (Å²) in [4.78, 5) is 18.8. The summed E-state index contributed by atoms with van der Waals surface area (Å²) in [6, 6.07) is 11.5. The Morgan fingerprint density at radius 2 is 2.06 bits per heavy atom. The van der Waals surface area contributed by atoms with E-state index in [1.54, 1.807) is 21.2 Å². The molecule has 6 rings (SSSR count). The molecule has 0 unspecified atom stereocenters. The minimum Gasteiger partial charge on any atom is -0.471 e. The average Bonchev–Trinajstić information content (AvgIpc) is 3.59. The Hall–Kier alpha value is -4.12. The third kappa shape index (κ3) is 3.33. The van der Waals surface area contributed by atoms with Gasteiger partial charge in [-0.1, -0.05) is 12.1 Å². The molecule has 5 heterocycles. The van der Waals surface area contributed by atoms with E-state index in [1.807, 2.05) is 44.6 Å². The van der Waals surface area contributed by atoms with Crippen LogP contribution in [0.3, 0.4) is 0 Å². The first-order chi connectivity index (χ1) is 16.1. The normalized spacial score (nSPS) is 21.5. The smallest absolute Gasteiger partial charge is 0.415 e. The van der Waals surface area contributed by atoms with Gasteiger partial charge >= 0.3 is 6.09 Å². The van der Waals surface area contributed by atoms with Crippen LogP contribution in [0.5, 0.6) is 5.88 Å². The summed E-state index contributed by atoms with van der Waals surface area (Å²) in [7, 11) is 3.73. The summed E-state index contributed by atoms with van der Waals surface area (Å²) in [5.74, 6) is 1.06. The van der Waals surface area contributed by atoms with E-state index in [1.165, 1.54) is 6.26 Å². The molecule has 1 saturated heterocycles. The van der Waals surface area contributed by atoms with E-state index < -0.39 is 0 Å². The van der Waals surface area contributed by atoms with Crippen molar-refractivity contribution >= 4 is 17.6 Å². The quantitative estimate of drug-likeness (QED) is 0.628. The maximum Gasteiger partial charge on any atom is 0.415 e. The highest BCUT2D eigenvalue weighted by molar-refractivity contribution is 5.97. The number of hydrogen-bond donors (Lipinski definition) is 1. The SMILES string of the molecule is CN1N=C(c2ccc(-c3ccc4c(c3)C[C@H]3[C@H](COc5ccon5)OC(=O)N43)cn2)NN1C. The van der Waals surface area contributed by atoms with Crippen molar-refractivity contribution in [1.29, 1.82) is 0 Å². The summed E-state index contributed by atoms with van der Waals surface area (Å²) in [5, 5.41) is 11.6. The number of aromatic nitrogens is 2. The van der Waals surface area contributed by atoms with Gasteiger partial charge in [-0.05, 0) is 40.9 Å². The predicted octanol–water partition coefficient (Wildman–Crippen LogP) is 2.02. The number of ether oxygens (including phenoxy) is 2. The number of hydrazine groups is 2. The molecule has 3 aromatic rings. The zero-order chi connectivity index (χ0) is 22.5. The fourth-order valence-corrected chi connectivity index (χ4v) is 4.32. The molecular weight excluding hydrogens is 426 g/mol. The Labute approximate surface area is 189 Å². The van der Waals surface area contributed by atoms with Crippen LogP contribution in [0.4, 0.5) is 10.5 Å². The van der Waals surface area contributed by atoms with E-state index in [2.05, 4.69) is 26.7 Å². The number of hydrogen-bond acceptors (Lipinski definition) is 10. The van der Waals surface area contributed by atoms with Gasteiger partial charge in [0.05, 0.1) is 11.7 Å². The van der Waals surface area contributed by atoms with Crippen LogP contribution < -0.4 is 15.1 Å². The Morgan fingerprint density at radius 1 is 1.18 bits per heavy atom. The molecular formula is C22H21N7O4. The number of nitrogens with zero attached hydrogens (tertiary/aromatic N) is 6. The summed E-state index contributed by atoms with van der Waals surface area (Å²) in [6.45, 7) is 0.216. The molecule has 168 valence electrons. The van der Waals surface area contributed by atoms with Gasteiger partial charge in [0.15, 0.2) is 11.9 Å². The van der Waals surface area contributed by atoms with Crippen molar-refractivity contribution < 1.29 is 18.8 Å². The number of anilines is 1. The summed E-state index contributed by atoms with van der Waals surface area (Å²) in [5.41, 5.74) is 7.89. The van der Waals surface area contributed by atoms with Crippen LogP contribution >= 0.6 is 0 Å². The van der Waals surface area contributed by atoms with Gasteiger partial charge in [0, 0.05) is 31.9 Å². The highest BCUT2D eigenvalue weighted by atomic mass is 16.6. The van der Waals surface area contributed by atoms with Crippen LogP contribution in [0.1, 0.15) is 11.3 Å². The number of carbonyl (C=O) groups excluding carboxylic acids is 1. The predicted molar refractivity (Wildman–Crippen MR) is 117 cm³/mol. The second-order valence-corrected chi connectivity index (χ2v) is 8.06. The van der Waals surface area contributed by atoms with E-state index in [0.717, 1.165) is 28.1 Å². The van der Waals surface area contributed by atoms with Crippen LogP contribution in [-0.2, 0) is 11.2 Å². The van der Waals surface area contributed by atoms with E-state index in [-0.39, 0.29) is 24.8 Å². The molecule has 0 saturated carbocycles. The molecule has 3 aliphatic heterocycles. The highest BCUT2D eigenvalue weighted by Gasteiger charge is 2.47. The molecule has 0 radical (unpaired) electrons. The van der Waals surface area contributed by atoms with Crippen molar-refractivity contribution in [2.45, 2.75) is 18.6 Å². The number of pyridine rings is 1. The lowest BCUT2D eigenvalue weighted by Gasteiger charge is -2.16. The maximum atomic E-state index is 12.5. The summed E-state index contributed by atoms with van der Waals surface area (Å²) < 4.78 is 15.9. The second kappa shape index (κ2) is 7.48. The Bertz CT molecular complexity index is 1230. The number of carbonyl (C=O) groups is 1. The molecule has 2 aromatic heterocycles. The first kappa shape index (κ1) is 19.6. The monoisotopic (exact) mass is 447 g/mol. The molecule has 2 atom stereocenters. The number of cyclic esters (lactones) is 1. The van der Waals surface area contributed by atoms with Crippen LogP contribution in [0.25, 0.3) is 11.1 Å². The average molecular weight is 447 g/mol. The first-order valence-corrected chi connectivity index (χ1v) is 10.5. The number of fused-ring (bicyclic) bond motifs is 3. The molecule has 1 fully saturated rings. The second-order valence-electron chi connectivity index (χ2n) is 8.06. The van der Waals surface area contributed by atoms with Gasteiger partial charge in [0.1, 0.15) is 18.6 Å². The van der Waals surface area contributed by atoms with Gasteiger partial charge in [0.25, 0.3) is 5.88 Å². The maximum absolute atomic E-state index is 12.5. The Balaban J connectivity index is 1.20. The minimum atomic E-state index is -0.387. The van der Waals surface area contributed by atoms with Crippen LogP contribution in [-0.4, -0.2) is 65.2 Å². The summed E-state index contributed by atoms with van der Waals surface area (Å²) in [6.07, 6.45) is 3.21. The lowest BCUT2D eigenvalue weighted by molar-refractivity contribution is 0.0275. The van der Waals surface area contributed by atoms with E-state index in [4.69, 9.17) is 14.0 Å². The molecule has 1 amide bonds. The largest absolute Gasteiger partial charge is 0.471 e. The summed E-state index contributed by atoms with van der Waals surface area (Å²) >= 11 is 0. The molecule has 0 spiro atoms. The van der Waals surface area contributed by atoms with E-state index in [9.17, 15) is 4.79 Å². The number of amidine groups is 1. The molecule has 11 heteroatoms. The molecule has 3 aliphatic rings. The third-order valence-corrected chi connectivity index (χ3v) is 6.07. The number of nitrogens with one attached hydrogen (secondary N) is 1. The number of rotatable bonds is 5. The van der Waals surface area contributed by atoms with Crippen molar-refractivity contribution in [3.05, 3.63) is 60.1 Å². The van der Waals surface area contributed by atoms with Crippen LogP contribution in [0, 0.1) is 0 Å². The van der Waals surface area contributed by atoms with Crippen LogP contribution in [0.2, 0.25) is 0 Å². The van der Waals surface area contributed by atoms with Crippen LogP contribution in [0.15, 0.2) is 58.5 Å². The van der Waals surface area contributed by atoms with Gasteiger partial charge in [-0.15, -0.1) is 10.2 Å². The number of amides is 1. The Kier molecular flexibility index (Phi) is 4.44. The minimum absolute atomic E-state index is 0.115. The Morgan fingerprint density at radius 3 is 2.79 bits per heavy atom. The number of hydrazone groups is 1. The van der Waals surface area contributed by atoms with E-state index >= 15 is 0 Å². The zero-order valence-corrected chi connectivity index (χ0v) is 18.0. The topological polar surface area (TPSA) is 109 Å². The fourth-order valence-electron chi connectivity index (χ4n) is 4.32. The van der Waals surface area contributed by atoms with Gasteiger partial charge in [-0.25, -0.2) is 9.91 Å². The van der Waals surface area contributed by atoms with Crippen molar-refractivity contribution in [3.63, 3.8) is 0 Å². The number of benzene rings is 1. The van der Waals surface area contributed by atoms with Crippen molar-refractivity contribution in [1.82, 2.24) is 25.8 Å². The molecule has 0 aliphatic carbocycles. The van der Waals surface area contributed by atoms with E-state index in [0.29, 0.717) is 18.1 Å². The van der Waals surface area contributed by atoms with Crippen molar-refractivity contribution in [2.24, 2.45) is 5.10 Å². The molecule has 1 aromatic carbocycles. The van der Waals surface area contributed by atoms with Gasteiger partial charge < -0.3 is 14.0 Å². The molecule has 1 N–H and O–H groups in total. The van der Waals surface area contributed by atoms with Gasteiger partial charge in [0.2, 0.25) is 0 Å². The van der Waals surface area contributed by atoms with Gasteiger partial charge in [-0.3, -0.25) is 15.3 Å². The van der Waals surface area contributed by atoms with Gasteiger partial charge in [-0.2, -0.15) is 0 Å². The molecule has 0 bridgehead atoms. The zero-order valence-electron chi connectivity index (χ0n) is 18.0. The molecule has 11 nitrogen and oxygen atoms in total. The standard InChI is InChI=1S/C22H21N7O4/c1-27-24-21(25-28(27)2)16-5-3-14(11-23-16)13-4-6-17-15(9-13)10-18-19(33-22(30)29(17)18)12-31-20-7-8-32-26-20/h3-9,11,18-19H,10,12H2,1-2H3,(H,24,25)/t18-,19-/m0/s1. The third-order valence-electron chi connectivity index (χ3n) is 6.07. The van der Waals surface area contributed by atoms with Crippen molar-refractivity contribution in [3.8, 4) is 17.0 Å². The lowest BCUT2D eigenvalue weighted by Crippen LogP contribution is -2.39. The lowest BCUT2D eigenvalue weighted by atomic mass is 10.0. The fraction of sp³-hybridized carbons (Fsp3) is 0.273. The first-order valence-electron chi connectivity index (χ1n) is 10.5. The molecule has 33 heavy (non-hydrogen) atoms.